The highest BCUT2D eigenvalue weighted by molar-refractivity contribution is 5.68. The van der Waals surface area contributed by atoms with Gasteiger partial charge in [0.25, 0.3) is 0 Å². The van der Waals surface area contributed by atoms with Gasteiger partial charge in [0.1, 0.15) is 24.7 Å². The van der Waals surface area contributed by atoms with E-state index in [1.807, 2.05) is 36.4 Å². The van der Waals surface area contributed by atoms with Crippen molar-refractivity contribution in [2.75, 3.05) is 69.9 Å². The first-order chi connectivity index (χ1) is 16.2. The number of benzene rings is 2. The van der Waals surface area contributed by atoms with Crippen LogP contribution in [0.5, 0.6) is 11.5 Å². The number of hydrogen-bond donors (Lipinski definition) is 1. The number of ether oxygens (including phenoxy) is 3. The minimum absolute atomic E-state index is 0.464. The molecular formula is C25H29N5O3. The summed E-state index contributed by atoms with van der Waals surface area (Å²) in [7, 11) is 2.16. The first-order valence-corrected chi connectivity index (χ1v) is 11.4. The monoisotopic (exact) mass is 447 g/mol. The van der Waals surface area contributed by atoms with Crippen molar-refractivity contribution < 1.29 is 14.2 Å². The molecule has 0 saturated carbocycles. The standard InChI is InChI=1S/C25H29N5O3/c1-29-9-11-30(12-10-29)23-6-5-20-18-24(23)33-16-14-31-13-15-32-21-4-2-3-19(17-21)22-7-8-26-25(27-20)28-22/h2-8,17-18H,9-16H2,1H3,(H,26,27,28). The summed E-state index contributed by atoms with van der Waals surface area (Å²) in [4.78, 5) is 13.8. The number of hydrogen-bond acceptors (Lipinski definition) is 8. The molecule has 1 fully saturated rings. The van der Waals surface area contributed by atoms with Crippen molar-refractivity contribution in [2.24, 2.45) is 0 Å². The maximum Gasteiger partial charge on any atom is 0.227 e. The lowest BCUT2D eigenvalue weighted by Gasteiger charge is -2.35. The van der Waals surface area contributed by atoms with E-state index in [-0.39, 0.29) is 0 Å². The zero-order valence-corrected chi connectivity index (χ0v) is 18.9. The first-order valence-electron chi connectivity index (χ1n) is 11.4. The number of nitrogens with one attached hydrogen (secondary N) is 1. The van der Waals surface area contributed by atoms with Crippen molar-refractivity contribution in [2.45, 2.75) is 0 Å². The Bertz CT molecular complexity index is 1090. The minimum Gasteiger partial charge on any atom is -0.491 e. The van der Waals surface area contributed by atoms with E-state index in [4.69, 9.17) is 19.2 Å². The third-order valence-corrected chi connectivity index (χ3v) is 5.83. The SMILES string of the molecule is CN1CCN(c2ccc3cc2OCCOCCOc2cccc(c2)-c2ccnc(n2)N3)CC1. The molecule has 3 heterocycles. The quantitative estimate of drug-likeness (QED) is 0.609. The summed E-state index contributed by atoms with van der Waals surface area (Å²) in [6.07, 6.45) is 1.76. The maximum absolute atomic E-state index is 6.17. The van der Waals surface area contributed by atoms with Gasteiger partial charge in [0, 0.05) is 49.7 Å². The summed E-state index contributed by atoms with van der Waals surface area (Å²) < 4.78 is 17.8. The molecule has 5 rings (SSSR count). The molecule has 0 unspecified atom stereocenters. The lowest BCUT2D eigenvalue weighted by molar-refractivity contribution is 0.0765. The average molecular weight is 448 g/mol. The van der Waals surface area contributed by atoms with Gasteiger partial charge in [-0.2, -0.15) is 0 Å². The van der Waals surface area contributed by atoms with Crippen molar-refractivity contribution in [1.82, 2.24) is 14.9 Å². The van der Waals surface area contributed by atoms with Crippen LogP contribution in [0.3, 0.4) is 0 Å². The maximum atomic E-state index is 6.17. The molecule has 1 saturated heterocycles. The molecule has 0 spiro atoms. The van der Waals surface area contributed by atoms with Gasteiger partial charge in [0.15, 0.2) is 0 Å². The number of piperazine rings is 1. The minimum atomic E-state index is 0.464. The van der Waals surface area contributed by atoms with Crippen LogP contribution in [0.1, 0.15) is 0 Å². The topological polar surface area (TPSA) is 72.0 Å². The van der Waals surface area contributed by atoms with E-state index in [0.29, 0.717) is 32.4 Å². The number of fused-ring (bicyclic) bond motifs is 7. The lowest BCUT2D eigenvalue weighted by Crippen LogP contribution is -2.44. The van der Waals surface area contributed by atoms with Crippen LogP contribution < -0.4 is 19.7 Å². The summed E-state index contributed by atoms with van der Waals surface area (Å²) in [6, 6.07) is 16.0. The van der Waals surface area contributed by atoms with Gasteiger partial charge in [-0.3, -0.25) is 0 Å². The third kappa shape index (κ3) is 5.35. The van der Waals surface area contributed by atoms with Gasteiger partial charge in [0.2, 0.25) is 5.95 Å². The van der Waals surface area contributed by atoms with E-state index in [0.717, 1.165) is 60.3 Å². The molecule has 0 aliphatic carbocycles. The third-order valence-electron chi connectivity index (χ3n) is 5.83. The molecule has 2 aromatic carbocycles. The molecule has 172 valence electrons. The smallest absolute Gasteiger partial charge is 0.227 e. The highest BCUT2D eigenvalue weighted by Gasteiger charge is 2.18. The number of nitrogens with zero attached hydrogens (tertiary/aromatic N) is 4. The molecular weight excluding hydrogens is 418 g/mol. The van der Waals surface area contributed by atoms with Crippen LogP contribution in [0.15, 0.2) is 54.7 Å². The Kier molecular flexibility index (Phi) is 6.55. The molecule has 2 aliphatic rings. The van der Waals surface area contributed by atoms with Crippen LogP contribution in [-0.4, -0.2) is 74.5 Å². The van der Waals surface area contributed by atoms with Crippen molar-refractivity contribution in [3.8, 4) is 22.8 Å². The van der Waals surface area contributed by atoms with Crippen LogP contribution in [0.25, 0.3) is 11.3 Å². The Morgan fingerprint density at radius 1 is 0.879 bits per heavy atom. The molecule has 8 nitrogen and oxygen atoms in total. The summed E-state index contributed by atoms with van der Waals surface area (Å²) >= 11 is 0. The largest absolute Gasteiger partial charge is 0.491 e. The Morgan fingerprint density at radius 2 is 1.73 bits per heavy atom. The second-order valence-corrected chi connectivity index (χ2v) is 8.20. The predicted octanol–water partition coefficient (Wildman–Crippen LogP) is 3.43. The molecule has 33 heavy (non-hydrogen) atoms. The van der Waals surface area contributed by atoms with E-state index >= 15 is 0 Å². The molecule has 1 N–H and O–H groups in total. The zero-order chi connectivity index (χ0) is 22.5. The van der Waals surface area contributed by atoms with Gasteiger partial charge < -0.3 is 29.3 Å². The van der Waals surface area contributed by atoms with E-state index in [1.54, 1.807) is 6.20 Å². The van der Waals surface area contributed by atoms with Gasteiger partial charge in [-0.05, 0) is 37.4 Å². The fraction of sp³-hybridized carbons (Fsp3) is 0.360. The molecule has 8 heteroatoms. The predicted molar refractivity (Wildman–Crippen MR) is 129 cm³/mol. The van der Waals surface area contributed by atoms with Crippen molar-refractivity contribution in [1.29, 1.82) is 0 Å². The summed E-state index contributed by atoms with van der Waals surface area (Å²) in [5.41, 5.74) is 3.77. The molecule has 0 radical (unpaired) electrons. The van der Waals surface area contributed by atoms with Gasteiger partial charge in [-0.25, -0.2) is 9.97 Å². The first kappa shape index (κ1) is 21.5. The average Bonchev–Trinajstić information content (AvgIpc) is 2.84. The van der Waals surface area contributed by atoms with Crippen LogP contribution in [0, 0.1) is 0 Å². The van der Waals surface area contributed by atoms with Gasteiger partial charge in [-0.1, -0.05) is 12.1 Å². The summed E-state index contributed by atoms with van der Waals surface area (Å²) in [5.74, 6) is 2.15. The van der Waals surface area contributed by atoms with Crippen LogP contribution >= 0.6 is 0 Å². The highest BCUT2D eigenvalue weighted by Crippen LogP contribution is 2.33. The van der Waals surface area contributed by atoms with Crippen molar-refractivity contribution in [3.63, 3.8) is 0 Å². The van der Waals surface area contributed by atoms with E-state index < -0.39 is 0 Å². The molecule has 2 aliphatic heterocycles. The summed E-state index contributed by atoms with van der Waals surface area (Å²) in [5, 5.41) is 3.33. The number of rotatable bonds is 1. The molecule has 0 amide bonds. The molecule has 1 aromatic heterocycles. The Balaban J connectivity index is 1.45. The van der Waals surface area contributed by atoms with Gasteiger partial charge in [0.05, 0.1) is 24.6 Å². The number of aromatic nitrogens is 2. The van der Waals surface area contributed by atoms with Crippen LogP contribution in [-0.2, 0) is 4.74 Å². The molecule has 0 atom stereocenters. The van der Waals surface area contributed by atoms with Crippen molar-refractivity contribution in [3.05, 3.63) is 54.7 Å². The van der Waals surface area contributed by atoms with E-state index in [1.165, 1.54) is 0 Å². The highest BCUT2D eigenvalue weighted by atomic mass is 16.5. The normalized spacial score (nSPS) is 17.3. The van der Waals surface area contributed by atoms with E-state index in [2.05, 4.69) is 39.3 Å². The summed E-state index contributed by atoms with van der Waals surface area (Å²) in [6.45, 7) is 5.93. The van der Waals surface area contributed by atoms with Crippen molar-refractivity contribution >= 4 is 17.3 Å². The van der Waals surface area contributed by atoms with Crippen LogP contribution in [0.2, 0.25) is 0 Å². The lowest BCUT2D eigenvalue weighted by atomic mass is 10.1. The zero-order valence-electron chi connectivity index (χ0n) is 18.9. The van der Waals surface area contributed by atoms with Crippen LogP contribution in [0.4, 0.5) is 17.3 Å². The Labute approximate surface area is 194 Å². The molecule has 3 aromatic rings. The molecule has 6 bridgehead atoms. The fourth-order valence-electron chi connectivity index (χ4n) is 4.00. The fourth-order valence-corrected chi connectivity index (χ4v) is 4.00. The van der Waals surface area contributed by atoms with Gasteiger partial charge in [-0.15, -0.1) is 0 Å². The second-order valence-electron chi connectivity index (χ2n) is 8.20. The Hall–Kier alpha value is -3.36. The van der Waals surface area contributed by atoms with Gasteiger partial charge >= 0.3 is 0 Å². The second kappa shape index (κ2) is 10.1. The van der Waals surface area contributed by atoms with E-state index in [9.17, 15) is 0 Å². The Morgan fingerprint density at radius 3 is 2.61 bits per heavy atom. The number of anilines is 3. The number of likely N-dealkylation sites (N-methyl/N-ethyl adjacent to an activating group) is 1.